The fraction of sp³-hybridized carbons (Fsp3) is 0.300. The average molecular weight is 325 g/mol. The summed E-state index contributed by atoms with van der Waals surface area (Å²) in [7, 11) is 1.48. The number of allylic oxidation sites excluding steroid dienone is 5. The number of ether oxygens (including phenoxy) is 1. The largest absolute Gasteiger partial charge is 0.457 e. The number of nitrogens with zero attached hydrogens (tertiary/aromatic N) is 1. The van der Waals surface area contributed by atoms with Gasteiger partial charge in [-0.15, -0.1) is 0 Å². The topological polar surface area (TPSA) is 47.9 Å². The van der Waals surface area contributed by atoms with Crippen LogP contribution in [0.5, 0.6) is 0 Å². The molecule has 0 saturated carbocycles. The van der Waals surface area contributed by atoms with Crippen molar-refractivity contribution in [3.05, 3.63) is 71.3 Å². The Bertz CT molecular complexity index is 704. The van der Waals surface area contributed by atoms with Gasteiger partial charge in [0.25, 0.3) is 0 Å². The number of benzene rings is 1. The molecule has 0 bridgehead atoms. The van der Waals surface area contributed by atoms with Crippen molar-refractivity contribution in [1.82, 2.24) is 0 Å². The maximum absolute atomic E-state index is 12.1. The molecule has 24 heavy (non-hydrogen) atoms. The van der Waals surface area contributed by atoms with E-state index in [1.165, 1.54) is 18.7 Å². The van der Waals surface area contributed by atoms with Crippen molar-refractivity contribution < 1.29 is 14.4 Å². The van der Waals surface area contributed by atoms with E-state index < -0.39 is 11.6 Å². The van der Waals surface area contributed by atoms with Crippen molar-refractivity contribution in [3.8, 4) is 0 Å². The Balaban J connectivity index is 2.25. The van der Waals surface area contributed by atoms with E-state index in [0.29, 0.717) is 11.3 Å². The molecule has 0 spiro atoms. The third-order valence-corrected chi connectivity index (χ3v) is 3.21. The molecule has 126 valence electrons. The molecule has 0 N–H and O–H groups in total. The van der Waals surface area contributed by atoms with E-state index in [2.05, 4.69) is 17.3 Å². The van der Waals surface area contributed by atoms with Crippen LogP contribution in [0.25, 0.3) is 0 Å². The lowest BCUT2D eigenvalue weighted by Gasteiger charge is -2.19. The van der Waals surface area contributed by atoms with Gasteiger partial charge >= 0.3 is 5.97 Å². The Labute approximate surface area is 143 Å². The minimum atomic E-state index is -0.534. The van der Waals surface area contributed by atoms with Crippen molar-refractivity contribution in [3.63, 3.8) is 0 Å². The van der Waals surface area contributed by atoms with Gasteiger partial charge in [0.2, 0.25) is 0 Å². The van der Waals surface area contributed by atoms with Gasteiger partial charge in [0, 0.05) is 11.6 Å². The zero-order valence-corrected chi connectivity index (χ0v) is 14.6. The Kier molecular flexibility index (Phi) is 5.74. The first-order valence-corrected chi connectivity index (χ1v) is 7.86. The van der Waals surface area contributed by atoms with Crippen LogP contribution in [0.1, 0.15) is 26.3 Å². The molecule has 0 fully saturated rings. The van der Waals surface area contributed by atoms with Crippen molar-refractivity contribution in [2.45, 2.75) is 32.8 Å². The second-order valence-electron chi connectivity index (χ2n) is 6.51. The van der Waals surface area contributed by atoms with E-state index in [0.717, 1.165) is 12.0 Å². The second-order valence-corrected chi connectivity index (χ2v) is 6.51. The van der Waals surface area contributed by atoms with Crippen LogP contribution < -0.4 is 0 Å². The molecular formula is C20H23NO3. The summed E-state index contributed by atoms with van der Waals surface area (Å²) < 4.78 is 5.36. The number of rotatable bonds is 4. The van der Waals surface area contributed by atoms with Gasteiger partial charge in [0.1, 0.15) is 18.4 Å². The van der Waals surface area contributed by atoms with Crippen LogP contribution in [0.2, 0.25) is 0 Å². The van der Waals surface area contributed by atoms with Gasteiger partial charge in [-0.25, -0.2) is 4.79 Å². The molecule has 0 atom stereocenters. The highest BCUT2D eigenvalue weighted by Crippen LogP contribution is 2.19. The van der Waals surface area contributed by atoms with E-state index in [4.69, 9.17) is 9.57 Å². The minimum Gasteiger partial charge on any atom is -0.457 e. The summed E-state index contributed by atoms with van der Waals surface area (Å²) in [5.74, 6) is -0.396. The fourth-order valence-corrected chi connectivity index (χ4v) is 2.30. The normalized spacial score (nSPS) is 17.8. The molecule has 0 saturated heterocycles. The lowest BCUT2D eigenvalue weighted by Crippen LogP contribution is -2.23. The van der Waals surface area contributed by atoms with E-state index >= 15 is 0 Å². The molecule has 4 nitrogen and oxygen atoms in total. The predicted octanol–water partition coefficient (Wildman–Crippen LogP) is 4.00. The maximum Gasteiger partial charge on any atom is 0.331 e. The zero-order valence-electron chi connectivity index (χ0n) is 14.6. The quantitative estimate of drug-likeness (QED) is 0.478. The third kappa shape index (κ3) is 5.54. The van der Waals surface area contributed by atoms with Crippen molar-refractivity contribution in [2.24, 2.45) is 5.16 Å². The molecular weight excluding hydrogens is 302 g/mol. The van der Waals surface area contributed by atoms with Gasteiger partial charge in [-0.05, 0) is 50.5 Å². The number of oxime groups is 1. The number of esters is 1. The van der Waals surface area contributed by atoms with Crippen LogP contribution in [0.4, 0.5) is 0 Å². The Morgan fingerprint density at radius 3 is 2.50 bits per heavy atom. The van der Waals surface area contributed by atoms with Crippen LogP contribution >= 0.6 is 0 Å². The van der Waals surface area contributed by atoms with E-state index in [1.807, 2.05) is 57.2 Å². The highest BCUT2D eigenvalue weighted by molar-refractivity contribution is 6.14. The molecule has 4 heteroatoms. The molecule has 1 aromatic rings. The zero-order chi connectivity index (χ0) is 17.6. The van der Waals surface area contributed by atoms with Crippen molar-refractivity contribution in [2.75, 3.05) is 7.11 Å². The molecule has 0 amide bonds. The average Bonchev–Trinajstić information content (AvgIpc) is 2.49. The smallest absolute Gasteiger partial charge is 0.331 e. The maximum atomic E-state index is 12.1. The Morgan fingerprint density at radius 1 is 1.17 bits per heavy atom. The monoisotopic (exact) mass is 325 g/mol. The summed E-state index contributed by atoms with van der Waals surface area (Å²) in [5.41, 5.74) is 3.04. The number of hydrogen-bond donors (Lipinski definition) is 0. The minimum absolute atomic E-state index is 0.396. The second kappa shape index (κ2) is 7.77. The van der Waals surface area contributed by atoms with Crippen molar-refractivity contribution in [1.29, 1.82) is 0 Å². The van der Waals surface area contributed by atoms with Crippen molar-refractivity contribution >= 4 is 11.7 Å². The van der Waals surface area contributed by atoms with Gasteiger partial charge in [-0.2, -0.15) is 0 Å². The van der Waals surface area contributed by atoms with E-state index in [-0.39, 0.29) is 0 Å². The van der Waals surface area contributed by atoms with Crippen LogP contribution in [-0.4, -0.2) is 24.4 Å². The standard InChI is InChI=1S/C20H23NO3/c1-20(2,3)24-19(22)14-17-13-16(10-11-18(17)21-23-4)12-15-8-6-5-7-9-15/h5-11,13-14H,12H2,1-4H3/b17-14+,21-18-. The summed E-state index contributed by atoms with van der Waals surface area (Å²) in [6.07, 6.45) is 8.00. The Hall–Kier alpha value is -2.62. The lowest BCUT2D eigenvalue weighted by molar-refractivity contribution is -0.148. The van der Waals surface area contributed by atoms with Gasteiger partial charge < -0.3 is 9.57 Å². The number of hydrogen-bond acceptors (Lipinski definition) is 4. The summed E-state index contributed by atoms with van der Waals surface area (Å²) in [6, 6.07) is 10.2. The SMILES string of the molecule is CO/N=C1/C=CC(Cc2ccccc2)=C/C1=C\C(=O)OC(C)(C)C. The summed E-state index contributed by atoms with van der Waals surface area (Å²) in [4.78, 5) is 17.0. The first kappa shape index (κ1) is 17.7. The van der Waals surface area contributed by atoms with Crippen LogP contribution in [0, 0.1) is 0 Å². The van der Waals surface area contributed by atoms with Crippen LogP contribution in [0.3, 0.4) is 0 Å². The molecule has 0 heterocycles. The summed E-state index contributed by atoms with van der Waals surface area (Å²) in [5, 5.41) is 3.97. The number of carbonyl (C=O) groups is 1. The molecule has 0 aromatic heterocycles. The number of carbonyl (C=O) groups excluding carboxylic acids is 1. The third-order valence-electron chi connectivity index (χ3n) is 3.21. The molecule has 0 radical (unpaired) electrons. The highest BCUT2D eigenvalue weighted by Gasteiger charge is 2.17. The van der Waals surface area contributed by atoms with Crippen LogP contribution in [0.15, 0.2) is 70.9 Å². The molecule has 1 aliphatic carbocycles. The summed E-state index contributed by atoms with van der Waals surface area (Å²) >= 11 is 0. The molecule has 1 aliphatic rings. The van der Waals surface area contributed by atoms with Gasteiger partial charge in [0.05, 0.1) is 0 Å². The highest BCUT2D eigenvalue weighted by atomic mass is 16.6. The first-order valence-electron chi connectivity index (χ1n) is 7.86. The molecule has 0 unspecified atom stereocenters. The van der Waals surface area contributed by atoms with Crippen LogP contribution in [-0.2, 0) is 20.8 Å². The lowest BCUT2D eigenvalue weighted by atomic mass is 9.95. The molecule has 0 aliphatic heterocycles. The summed E-state index contributed by atoms with van der Waals surface area (Å²) in [6.45, 7) is 5.51. The van der Waals surface area contributed by atoms with E-state index in [1.54, 1.807) is 0 Å². The van der Waals surface area contributed by atoms with Gasteiger partial charge in [-0.3, -0.25) is 0 Å². The Morgan fingerprint density at radius 2 is 1.88 bits per heavy atom. The molecule has 1 aromatic carbocycles. The molecule has 2 rings (SSSR count). The van der Waals surface area contributed by atoms with Gasteiger partial charge in [0.15, 0.2) is 0 Å². The fourth-order valence-electron chi connectivity index (χ4n) is 2.30. The van der Waals surface area contributed by atoms with E-state index in [9.17, 15) is 4.79 Å². The first-order chi connectivity index (χ1) is 11.4. The van der Waals surface area contributed by atoms with Gasteiger partial charge in [-0.1, -0.05) is 41.6 Å². The predicted molar refractivity (Wildman–Crippen MR) is 95.7 cm³/mol.